The quantitative estimate of drug-likeness (QED) is 0.342. The normalized spacial score (nSPS) is 10.8. The van der Waals surface area contributed by atoms with E-state index in [1.54, 1.807) is 7.11 Å². The highest BCUT2D eigenvalue weighted by molar-refractivity contribution is 6.08. The minimum Gasteiger partial charge on any atom is -0.497 e. The Hall–Kier alpha value is -3.92. The van der Waals surface area contributed by atoms with Crippen LogP contribution in [0.5, 0.6) is 5.75 Å². The maximum absolute atomic E-state index is 13.6. The lowest BCUT2D eigenvalue weighted by Crippen LogP contribution is -2.37. The van der Waals surface area contributed by atoms with Crippen LogP contribution in [-0.2, 0) is 11.2 Å². The van der Waals surface area contributed by atoms with Gasteiger partial charge in [-0.05, 0) is 65.9 Å². The van der Waals surface area contributed by atoms with Crippen LogP contribution in [0, 0.1) is 13.8 Å². The molecule has 0 aromatic heterocycles. The molecule has 0 fully saturated rings. The molecule has 0 aliphatic rings. The number of aryl methyl sites for hydroxylation is 2. The van der Waals surface area contributed by atoms with Gasteiger partial charge in [0.05, 0.1) is 7.11 Å². The fraction of sp³-hybridized carbons (Fsp3) is 0.200. The predicted molar refractivity (Wildman–Crippen MR) is 137 cm³/mol. The van der Waals surface area contributed by atoms with Crippen LogP contribution in [0.2, 0.25) is 0 Å². The number of carbonyl (C=O) groups excluding carboxylic acids is 2. The Morgan fingerprint density at radius 3 is 2.29 bits per heavy atom. The van der Waals surface area contributed by atoms with E-state index < -0.39 is 0 Å². The van der Waals surface area contributed by atoms with E-state index in [9.17, 15) is 9.59 Å². The van der Waals surface area contributed by atoms with Gasteiger partial charge in [-0.25, -0.2) is 0 Å². The first-order chi connectivity index (χ1) is 16.4. The summed E-state index contributed by atoms with van der Waals surface area (Å²) >= 11 is 0. The molecule has 0 saturated carbocycles. The molecule has 172 valence electrons. The van der Waals surface area contributed by atoms with Crippen molar-refractivity contribution in [2.45, 2.75) is 27.2 Å². The van der Waals surface area contributed by atoms with E-state index in [4.69, 9.17) is 4.74 Å². The minimum atomic E-state index is -0.277. The first-order valence-electron chi connectivity index (χ1n) is 11.4. The number of carbonyl (C=O) groups is 2. The molecule has 0 radical (unpaired) electrons. The van der Waals surface area contributed by atoms with Gasteiger partial charge in [0.25, 0.3) is 5.91 Å². The third-order valence-electron chi connectivity index (χ3n) is 6.18. The van der Waals surface area contributed by atoms with Gasteiger partial charge in [-0.2, -0.15) is 0 Å². The molecule has 4 nitrogen and oxygen atoms in total. The summed E-state index contributed by atoms with van der Waals surface area (Å²) in [6.45, 7) is 5.78. The minimum absolute atomic E-state index is 0.266. The Morgan fingerprint density at radius 2 is 1.59 bits per heavy atom. The fourth-order valence-corrected chi connectivity index (χ4v) is 4.26. The highest BCUT2D eigenvalue weighted by Gasteiger charge is 2.23. The summed E-state index contributed by atoms with van der Waals surface area (Å²) in [7, 11) is 1.65. The third kappa shape index (κ3) is 4.86. The predicted octanol–water partition coefficient (Wildman–Crippen LogP) is 6.36. The highest BCUT2D eigenvalue weighted by Crippen LogP contribution is 2.28. The molecule has 0 N–H and O–H groups in total. The average Bonchev–Trinajstić information content (AvgIpc) is 2.84. The lowest BCUT2D eigenvalue weighted by Gasteiger charge is -2.22. The summed E-state index contributed by atoms with van der Waals surface area (Å²) in [5.41, 5.74) is 5.61. The average molecular weight is 452 g/mol. The van der Waals surface area contributed by atoms with Crippen molar-refractivity contribution in [2.75, 3.05) is 13.7 Å². The van der Waals surface area contributed by atoms with Gasteiger partial charge in [-0.15, -0.1) is 0 Å². The van der Waals surface area contributed by atoms with E-state index in [1.807, 2.05) is 92.7 Å². The zero-order valence-corrected chi connectivity index (χ0v) is 20.1. The number of benzene rings is 4. The second-order valence-corrected chi connectivity index (χ2v) is 8.65. The number of rotatable bonds is 6. The van der Waals surface area contributed by atoms with Crippen molar-refractivity contribution in [2.24, 2.45) is 0 Å². The smallest absolute Gasteiger partial charge is 0.261 e. The Morgan fingerprint density at radius 1 is 0.853 bits per heavy atom. The van der Waals surface area contributed by atoms with Crippen molar-refractivity contribution in [3.05, 3.63) is 101 Å². The van der Waals surface area contributed by atoms with Crippen LogP contribution < -0.4 is 4.74 Å². The van der Waals surface area contributed by atoms with Gasteiger partial charge in [0.1, 0.15) is 5.75 Å². The van der Waals surface area contributed by atoms with Crippen molar-refractivity contribution in [3.63, 3.8) is 0 Å². The van der Waals surface area contributed by atoms with Crippen molar-refractivity contribution < 1.29 is 14.3 Å². The van der Waals surface area contributed by atoms with Crippen LogP contribution in [0.1, 0.15) is 34.0 Å². The van der Waals surface area contributed by atoms with Gasteiger partial charge in [-0.1, -0.05) is 71.8 Å². The summed E-state index contributed by atoms with van der Waals surface area (Å²) < 4.78 is 5.39. The Kier molecular flexibility index (Phi) is 6.78. The monoisotopic (exact) mass is 451 g/mol. The van der Waals surface area contributed by atoms with Gasteiger partial charge in [0.15, 0.2) is 0 Å². The van der Waals surface area contributed by atoms with Gasteiger partial charge < -0.3 is 4.74 Å². The number of hydrogen-bond donors (Lipinski definition) is 0. The molecule has 4 aromatic rings. The summed E-state index contributed by atoms with van der Waals surface area (Å²) in [6, 6.07) is 25.9. The molecular weight excluding hydrogens is 422 g/mol. The Labute approximate surface area is 200 Å². The van der Waals surface area contributed by atoms with E-state index in [0.717, 1.165) is 44.3 Å². The van der Waals surface area contributed by atoms with E-state index in [2.05, 4.69) is 0 Å². The first-order valence-corrected chi connectivity index (χ1v) is 11.4. The van der Waals surface area contributed by atoms with Crippen molar-refractivity contribution in [1.82, 2.24) is 4.90 Å². The van der Waals surface area contributed by atoms with Gasteiger partial charge in [-0.3, -0.25) is 14.5 Å². The maximum Gasteiger partial charge on any atom is 0.261 e. The first kappa shape index (κ1) is 23.2. The molecular formula is C30H29NO3. The number of imide groups is 1. The SMILES string of the molecule is COc1ccc2cccc(CCN(C(C)=O)C(=O)c3ccc(C)cc3-c3ccc(C)cc3)c2c1. The molecule has 34 heavy (non-hydrogen) atoms. The molecule has 4 heteroatoms. The second kappa shape index (κ2) is 9.92. The maximum atomic E-state index is 13.6. The highest BCUT2D eigenvalue weighted by atomic mass is 16.5. The second-order valence-electron chi connectivity index (χ2n) is 8.65. The van der Waals surface area contributed by atoms with Crippen molar-refractivity contribution in [3.8, 4) is 16.9 Å². The van der Waals surface area contributed by atoms with Crippen LogP contribution in [0.25, 0.3) is 21.9 Å². The molecule has 4 aromatic carbocycles. The van der Waals surface area contributed by atoms with E-state index in [0.29, 0.717) is 18.5 Å². The number of amides is 2. The van der Waals surface area contributed by atoms with Crippen LogP contribution >= 0.6 is 0 Å². The Bertz CT molecular complexity index is 1360. The number of methoxy groups -OCH3 is 1. The van der Waals surface area contributed by atoms with Crippen molar-refractivity contribution >= 4 is 22.6 Å². The fourth-order valence-electron chi connectivity index (χ4n) is 4.26. The standard InChI is InChI=1S/C30H29NO3/c1-20-8-11-25(12-9-20)29-18-21(2)10-15-27(29)30(33)31(22(3)32)17-16-24-7-5-6-23-13-14-26(34-4)19-28(23)24/h5-15,18-19H,16-17H2,1-4H3. The lowest BCUT2D eigenvalue weighted by molar-refractivity contribution is -0.126. The van der Waals surface area contributed by atoms with Crippen LogP contribution in [0.3, 0.4) is 0 Å². The molecule has 0 bridgehead atoms. The van der Waals surface area contributed by atoms with Crippen molar-refractivity contribution in [1.29, 1.82) is 0 Å². The largest absolute Gasteiger partial charge is 0.497 e. The van der Waals surface area contributed by atoms with Crippen LogP contribution in [0.15, 0.2) is 78.9 Å². The van der Waals surface area contributed by atoms with Gasteiger partial charge in [0.2, 0.25) is 5.91 Å². The number of fused-ring (bicyclic) bond motifs is 1. The number of ether oxygens (including phenoxy) is 1. The molecule has 0 aliphatic carbocycles. The number of nitrogens with zero attached hydrogens (tertiary/aromatic N) is 1. The zero-order valence-electron chi connectivity index (χ0n) is 20.1. The molecule has 0 unspecified atom stereocenters. The molecule has 0 spiro atoms. The summed E-state index contributed by atoms with van der Waals surface area (Å²) in [4.78, 5) is 27.6. The third-order valence-corrected chi connectivity index (χ3v) is 6.18. The van der Waals surface area contributed by atoms with Crippen LogP contribution in [0.4, 0.5) is 0 Å². The van der Waals surface area contributed by atoms with E-state index >= 15 is 0 Å². The molecule has 0 atom stereocenters. The summed E-state index contributed by atoms with van der Waals surface area (Å²) in [5, 5.41) is 2.16. The van der Waals surface area contributed by atoms with Gasteiger partial charge >= 0.3 is 0 Å². The van der Waals surface area contributed by atoms with Gasteiger partial charge in [0, 0.05) is 19.0 Å². The summed E-state index contributed by atoms with van der Waals surface area (Å²) in [6.07, 6.45) is 0.557. The molecule has 4 rings (SSSR count). The molecule has 0 heterocycles. The van der Waals surface area contributed by atoms with E-state index in [-0.39, 0.29) is 11.8 Å². The molecule has 2 amide bonds. The Balaban J connectivity index is 1.66. The summed E-state index contributed by atoms with van der Waals surface area (Å²) in [5.74, 6) is 0.237. The zero-order chi connectivity index (χ0) is 24.2. The van der Waals surface area contributed by atoms with E-state index in [1.165, 1.54) is 11.8 Å². The molecule has 0 aliphatic heterocycles. The number of hydrogen-bond acceptors (Lipinski definition) is 3. The molecule has 0 saturated heterocycles. The lowest BCUT2D eigenvalue weighted by atomic mass is 9.95. The van der Waals surface area contributed by atoms with Crippen LogP contribution in [-0.4, -0.2) is 30.4 Å². The topological polar surface area (TPSA) is 46.6 Å².